The van der Waals surface area contributed by atoms with Crippen molar-refractivity contribution in [2.24, 2.45) is 56.7 Å². The largest absolute Gasteiger partial charge is 0.458 e. The molecule has 220 valence electrons. The Bertz CT molecular complexity index is 1190. The standard InChI is InChI=1S/C37H53ClO2/c1-23(2)26-15-18-34(5)21-22-36(7)27(31(26)34)13-14-29-35(6)19-17-30(33(3,4)28(35)16-20-37(29,36)8)40-32(39)24-9-11-25(38)12-10-24/h9-12,26-31H,1,13-22H2,2-8H3/t26-,27+,28-,29+,30-,31+,34+,35-,36+,37+/m0/s1. The quantitative estimate of drug-likeness (QED) is 0.269. The highest BCUT2D eigenvalue weighted by molar-refractivity contribution is 6.30. The molecule has 0 amide bonds. The van der Waals surface area contributed by atoms with Gasteiger partial charge in [-0.15, -0.1) is 0 Å². The molecule has 5 saturated carbocycles. The van der Waals surface area contributed by atoms with Gasteiger partial charge in [0, 0.05) is 10.4 Å². The molecule has 0 radical (unpaired) electrons. The second-order valence-corrected chi connectivity index (χ2v) is 17.0. The van der Waals surface area contributed by atoms with E-state index in [2.05, 4.69) is 55.0 Å². The van der Waals surface area contributed by atoms with Crippen molar-refractivity contribution in [1.82, 2.24) is 0 Å². The molecule has 6 rings (SSSR count). The topological polar surface area (TPSA) is 26.3 Å². The van der Waals surface area contributed by atoms with Crippen molar-refractivity contribution in [2.45, 2.75) is 119 Å². The van der Waals surface area contributed by atoms with Crippen LogP contribution in [0, 0.1) is 56.7 Å². The van der Waals surface area contributed by atoms with E-state index in [0.29, 0.717) is 38.7 Å². The van der Waals surface area contributed by atoms with E-state index in [1.165, 1.54) is 56.9 Å². The summed E-state index contributed by atoms with van der Waals surface area (Å²) in [6.07, 6.45) is 12.9. The first-order chi connectivity index (χ1) is 18.7. The summed E-state index contributed by atoms with van der Waals surface area (Å²) in [4.78, 5) is 13.2. The van der Waals surface area contributed by atoms with E-state index < -0.39 is 0 Å². The summed E-state index contributed by atoms with van der Waals surface area (Å²) in [7, 11) is 0. The van der Waals surface area contributed by atoms with Crippen molar-refractivity contribution in [3.05, 3.63) is 47.0 Å². The monoisotopic (exact) mass is 564 g/mol. The number of fused-ring (bicyclic) bond motifs is 7. The molecule has 0 aliphatic heterocycles. The average molecular weight is 565 g/mol. The Morgan fingerprint density at radius 1 is 0.825 bits per heavy atom. The SMILES string of the molecule is C=C(C)[C@@H]1CC[C@]2(C)CC[C@]3(C)[C@H](CC[C@@H]4[C@@]5(C)CC[C@H](OC(=O)c6ccc(Cl)cc6)C(C)(C)[C@@H]5CC[C@]43C)[C@@H]12. The van der Waals surface area contributed by atoms with E-state index in [4.69, 9.17) is 16.3 Å². The molecule has 0 bridgehead atoms. The summed E-state index contributed by atoms with van der Waals surface area (Å²) >= 11 is 6.06. The van der Waals surface area contributed by atoms with Crippen molar-refractivity contribution in [3.63, 3.8) is 0 Å². The van der Waals surface area contributed by atoms with E-state index in [1.54, 1.807) is 24.3 Å². The molecule has 5 fully saturated rings. The predicted octanol–water partition coefficient (Wildman–Crippen LogP) is 10.5. The van der Waals surface area contributed by atoms with Crippen LogP contribution in [-0.4, -0.2) is 12.1 Å². The highest BCUT2D eigenvalue weighted by Gasteiger charge is 2.70. The predicted molar refractivity (Wildman–Crippen MR) is 165 cm³/mol. The molecule has 2 nitrogen and oxygen atoms in total. The fourth-order valence-corrected chi connectivity index (χ4v) is 12.6. The maximum Gasteiger partial charge on any atom is 0.338 e. The average Bonchev–Trinajstić information content (AvgIpc) is 3.24. The third-order valence-electron chi connectivity index (χ3n) is 14.8. The fourth-order valence-electron chi connectivity index (χ4n) is 12.5. The van der Waals surface area contributed by atoms with E-state index in [0.717, 1.165) is 30.6 Å². The van der Waals surface area contributed by atoms with E-state index in [-0.39, 0.29) is 22.9 Å². The summed E-state index contributed by atoms with van der Waals surface area (Å²) < 4.78 is 6.30. The number of hydrogen-bond acceptors (Lipinski definition) is 2. The van der Waals surface area contributed by atoms with Gasteiger partial charge < -0.3 is 4.74 Å². The Labute approximate surface area is 249 Å². The molecule has 0 aromatic heterocycles. The molecular formula is C37H53ClO2. The molecule has 5 aliphatic carbocycles. The molecule has 5 aliphatic rings. The molecule has 0 N–H and O–H groups in total. The van der Waals surface area contributed by atoms with Gasteiger partial charge in [-0.3, -0.25) is 0 Å². The lowest BCUT2D eigenvalue weighted by Gasteiger charge is -2.73. The molecule has 3 heteroatoms. The van der Waals surface area contributed by atoms with E-state index >= 15 is 0 Å². The number of benzene rings is 1. The summed E-state index contributed by atoms with van der Waals surface area (Å²) in [6.45, 7) is 22.3. The first-order valence-corrected chi connectivity index (χ1v) is 16.7. The number of ether oxygens (including phenoxy) is 1. The molecule has 40 heavy (non-hydrogen) atoms. The minimum absolute atomic E-state index is 0.0458. The van der Waals surface area contributed by atoms with Crippen molar-refractivity contribution in [3.8, 4) is 0 Å². The third-order valence-corrected chi connectivity index (χ3v) is 15.0. The van der Waals surface area contributed by atoms with Gasteiger partial charge in [0.05, 0.1) is 5.56 Å². The minimum atomic E-state index is -0.208. The van der Waals surface area contributed by atoms with Crippen LogP contribution < -0.4 is 0 Å². The van der Waals surface area contributed by atoms with Gasteiger partial charge in [0.25, 0.3) is 0 Å². The Hall–Kier alpha value is -1.28. The lowest BCUT2D eigenvalue weighted by Crippen LogP contribution is -2.66. The van der Waals surface area contributed by atoms with Gasteiger partial charge in [-0.2, -0.15) is 0 Å². The second kappa shape index (κ2) is 9.36. The normalized spacial score (nSPS) is 47.3. The molecule has 0 heterocycles. The van der Waals surface area contributed by atoms with Crippen LogP contribution in [0.2, 0.25) is 5.02 Å². The maximum absolute atomic E-state index is 13.2. The van der Waals surface area contributed by atoms with Gasteiger partial charge in [-0.1, -0.05) is 65.3 Å². The van der Waals surface area contributed by atoms with Crippen LogP contribution in [0.5, 0.6) is 0 Å². The van der Waals surface area contributed by atoms with Gasteiger partial charge in [0.2, 0.25) is 0 Å². The first-order valence-electron chi connectivity index (χ1n) is 16.3. The van der Waals surface area contributed by atoms with Crippen LogP contribution in [-0.2, 0) is 4.74 Å². The number of rotatable bonds is 3. The van der Waals surface area contributed by atoms with Crippen LogP contribution in [0.25, 0.3) is 0 Å². The smallest absolute Gasteiger partial charge is 0.338 e. The fraction of sp³-hybridized carbons (Fsp3) is 0.757. The van der Waals surface area contributed by atoms with E-state index in [9.17, 15) is 4.79 Å². The second-order valence-electron chi connectivity index (χ2n) is 16.6. The van der Waals surface area contributed by atoms with Gasteiger partial charge >= 0.3 is 5.97 Å². The lowest BCUT2D eigenvalue weighted by molar-refractivity contribution is -0.246. The molecule has 0 saturated heterocycles. The summed E-state index contributed by atoms with van der Waals surface area (Å²) in [5, 5.41) is 0.643. The zero-order valence-electron chi connectivity index (χ0n) is 26.2. The third kappa shape index (κ3) is 3.89. The highest BCUT2D eigenvalue weighted by atomic mass is 35.5. The van der Waals surface area contributed by atoms with Crippen molar-refractivity contribution >= 4 is 17.6 Å². The molecule has 1 aromatic rings. The summed E-state index contributed by atoms with van der Waals surface area (Å²) in [5.41, 5.74) is 3.55. The number of allylic oxidation sites excluding steroid dienone is 1. The van der Waals surface area contributed by atoms with Gasteiger partial charge in [0.1, 0.15) is 6.10 Å². The Morgan fingerprint density at radius 3 is 2.20 bits per heavy atom. The van der Waals surface area contributed by atoms with Crippen LogP contribution in [0.3, 0.4) is 0 Å². The molecule has 10 atom stereocenters. The molecular weight excluding hydrogens is 512 g/mol. The molecule has 0 spiro atoms. The maximum atomic E-state index is 13.2. The number of carbonyl (C=O) groups is 1. The van der Waals surface area contributed by atoms with Crippen molar-refractivity contribution in [2.75, 3.05) is 0 Å². The number of halogens is 1. The number of esters is 1. The Balaban J connectivity index is 1.27. The van der Waals surface area contributed by atoms with Gasteiger partial charge in [-0.25, -0.2) is 4.79 Å². The minimum Gasteiger partial charge on any atom is -0.458 e. The Morgan fingerprint density at radius 2 is 1.52 bits per heavy atom. The van der Waals surface area contributed by atoms with Crippen LogP contribution in [0.4, 0.5) is 0 Å². The zero-order chi connectivity index (χ0) is 28.9. The molecule has 1 aromatic carbocycles. The van der Waals surface area contributed by atoms with Crippen LogP contribution >= 0.6 is 11.6 Å². The summed E-state index contributed by atoms with van der Waals surface area (Å²) in [5.74, 6) is 3.44. The highest BCUT2D eigenvalue weighted by Crippen LogP contribution is 2.77. The van der Waals surface area contributed by atoms with Crippen molar-refractivity contribution in [1.29, 1.82) is 0 Å². The van der Waals surface area contributed by atoms with E-state index in [1.807, 2.05) is 0 Å². The Kier molecular flexibility index (Phi) is 6.74. The number of carbonyl (C=O) groups excluding carboxylic acids is 1. The van der Waals surface area contributed by atoms with Crippen LogP contribution in [0.1, 0.15) is 123 Å². The van der Waals surface area contributed by atoms with Crippen LogP contribution in [0.15, 0.2) is 36.4 Å². The zero-order valence-corrected chi connectivity index (χ0v) is 27.0. The van der Waals surface area contributed by atoms with Gasteiger partial charge in [-0.05, 0) is 147 Å². The first kappa shape index (κ1) is 28.8. The van der Waals surface area contributed by atoms with Gasteiger partial charge in [0.15, 0.2) is 0 Å². The number of hydrogen-bond donors (Lipinski definition) is 0. The summed E-state index contributed by atoms with van der Waals surface area (Å²) in [6, 6.07) is 7.12. The lowest BCUT2D eigenvalue weighted by atomic mass is 9.32. The van der Waals surface area contributed by atoms with Crippen molar-refractivity contribution < 1.29 is 9.53 Å². The molecule has 0 unspecified atom stereocenters.